The molecule has 1 unspecified atom stereocenters. The molecule has 112 valence electrons. The van der Waals surface area contributed by atoms with Crippen molar-refractivity contribution in [1.29, 1.82) is 0 Å². The maximum atomic E-state index is 11.9. The third kappa shape index (κ3) is 8.90. The first-order valence-corrected chi connectivity index (χ1v) is 6.95. The molecule has 4 heteroatoms. The van der Waals surface area contributed by atoms with Gasteiger partial charge in [-0.25, -0.2) is 0 Å². The van der Waals surface area contributed by atoms with Gasteiger partial charge >= 0.3 is 48.9 Å². The number of carbonyl (C=O) groups is 1. The van der Waals surface area contributed by atoms with E-state index in [9.17, 15) is 15.0 Å². The van der Waals surface area contributed by atoms with Gasteiger partial charge in [-0.15, -0.1) is 6.10 Å². The van der Waals surface area contributed by atoms with Crippen LogP contribution in [0.2, 0.25) is 0 Å². The Labute approximate surface area is 172 Å². The first-order chi connectivity index (χ1) is 10.0. The number of benzene rings is 2. The minimum atomic E-state index is -0.982. The average molecular weight is 422 g/mol. The summed E-state index contributed by atoms with van der Waals surface area (Å²) >= 11 is 0. The van der Waals surface area contributed by atoms with Crippen LogP contribution in [0.4, 0.5) is 0 Å². The topological polar surface area (TPSA) is 63.2 Å². The summed E-state index contributed by atoms with van der Waals surface area (Å²) in [5.41, 5.74) is 1.26. The number of ketones is 1. The molecule has 0 radical (unpaired) electrons. The van der Waals surface area contributed by atoms with Gasteiger partial charge in [0.15, 0.2) is 5.78 Å². The standard InChI is InChI=1S/C15H13O2.C3H7O.Ba/c16-14(12-7-3-1-4-8-12)11-15(17)13-9-5-2-6-10-13;1-3(2)4;/h1-10,14H,11H2;3H,1-2H3;/q2*-1;+2. The number of hydrogen-bond acceptors (Lipinski definition) is 3. The van der Waals surface area contributed by atoms with E-state index < -0.39 is 12.2 Å². The van der Waals surface area contributed by atoms with Crippen LogP contribution in [0.1, 0.15) is 42.3 Å². The van der Waals surface area contributed by atoms with Crippen LogP contribution in [0.15, 0.2) is 60.7 Å². The Morgan fingerprint density at radius 1 is 0.909 bits per heavy atom. The Kier molecular flexibility index (Phi) is 11.9. The van der Waals surface area contributed by atoms with Crippen molar-refractivity contribution in [2.75, 3.05) is 0 Å². The molecule has 1 atom stereocenters. The van der Waals surface area contributed by atoms with Gasteiger partial charge in [-0.1, -0.05) is 86.2 Å². The molecule has 0 heterocycles. The summed E-state index contributed by atoms with van der Waals surface area (Å²) in [6.45, 7) is 3.22. The molecular formula is C18H20BaO3. The third-order valence-corrected chi connectivity index (χ3v) is 2.64. The fourth-order valence-electron chi connectivity index (χ4n) is 1.70. The van der Waals surface area contributed by atoms with Gasteiger partial charge in [0.2, 0.25) is 0 Å². The quantitative estimate of drug-likeness (QED) is 0.558. The fourth-order valence-corrected chi connectivity index (χ4v) is 1.70. The zero-order valence-electron chi connectivity index (χ0n) is 13.1. The molecule has 0 aliphatic carbocycles. The molecule has 0 saturated heterocycles. The summed E-state index contributed by atoms with van der Waals surface area (Å²) in [6, 6.07) is 17.9. The van der Waals surface area contributed by atoms with E-state index in [1.54, 1.807) is 50.2 Å². The molecule has 2 aromatic carbocycles. The van der Waals surface area contributed by atoms with Gasteiger partial charge in [0.1, 0.15) is 0 Å². The Hall–Kier alpha value is -0.399. The van der Waals surface area contributed by atoms with Crippen molar-refractivity contribution in [1.82, 2.24) is 0 Å². The van der Waals surface area contributed by atoms with Gasteiger partial charge in [-0.3, -0.25) is 4.79 Å². The Bertz CT molecular complexity index is 524. The first-order valence-electron chi connectivity index (χ1n) is 6.95. The van der Waals surface area contributed by atoms with E-state index in [0.717, 1.165) is 0 Å². The number of Topliss-reactive ketones (excluding diaryl/α,β-unsaturated/α-hetero) is 1. The zero-order chi connectivity index (χ0) is 15.7. The maximum absolute atomic E-state index is 11.9. The molecule has 3 nitrogen and oxygen atoms in total. The predicted molar refractivity (Wildman–Crippen MR) is 85.5 cm³/mol. The Balaban J connectivity index is 0.000000791. The van der Waals surface area contributed by atoms with Crippen molar-refractivity contribution in [3.8, 4) is 0 Å². The molecule has 0 N–H and O–H groups in total. The van der Waals surface area contributed by atoms with Gasteiger partial charge in [0.05, 0.1) is 0 Å². The summed E-state index contributed by atoms with van der Waals surface area (Å²) < 4.78 is 0. The molecule has 0 bridgehead atoms. The van der Waals surface area contributed by atoms with Crippen LogP contribution in [0.3, 0.4) is 0 Å². The van der Waals surface area contributed by atoms with Crippen LogP contribution in [0, 0.1) is 0 Å². The van der Waals surface area contributed by atoms with Crippen molar-refractivity contribution >= 4 is 54.7 Å². The largest absolute Gasteiger partial charge is 2.00 e. The smallest absolute Gasteiger partial charge is 0.852 e. The van der Waals surface area contributed by atoms with Crippen molar-refractivity contribution in [2.24, 2.45) is 0 Å². The van der Waals surface area contributed by atoms with E-state index in [0.29, 0.717) is 11.1 Å². The van der Waals surface area contributed by atoms with Gasteiger partial charge in [-0.05, 0) is 0 Å². The molecule has 0 spiro atoms. The molecule has 0 aliphatic rings. The second kappa shape index (κ2) is 12.1. The van der Waals surface area contributed by atoms with Crippen molar-refractivity contribution in [3.05, 3.63) is 71.8 Å². The van der Waals surface area contributed by atoms with E-state index in [1.165, 1.54) is 0 Å². The van der Waals surface area contributed by atoms with Crippen molar-refractivity contribution in [2.45, 2.75) is 32.5 Å². The second-order valence-electron chi connectivity index (χ2n) is 4.94. The summed E-state index contributed by atoms with van der Waals surface area (Å²) in [5.74, 6) is -0.102. The van der Waals surface area contributed by atoms with Crippen molar-refractivity contribution < 1.29 is 15.0 Å². The summed E-state index contributed by atoms with van der Waals surface area (Å²) in [6.07, 6.45) is -1.39. The normalized spacial score (nSPS) is 11.0. The fraction of sp³-hybridized carbons (Fsp3) is 0.278. The second-order valence-corrected chi connectivity index (χ2v) is 4.94. The average Bonchev–Trinajstić information content (AvgIpc) is 2.48. The molecule has 0 saturated carbocycles. The summed E-state index contributed by atoms with van der Waals surface area (Å²) in [5, 5.41) is 21.4. The van der Waals surface area contributed by atoms with Crippen LogP contribution in [-0.2, 0) is 0 Å². The molecule has 0 aliphatic heterocycles. The third-order valence-electron chi connectivity index (χ3n) is 2.64. The molecule has 22 heavy (non-hydrogen) atoms. The van der Waals surface area contributed by atoms with E-state index in [4.69, 9.17) is 0 Å². The van der Waals surface area contributed by atoms with Crippen LogP contribution in [0.25, 0.3) is 0 Å². The molecular weight excluding hydrogens is 402 g/mol. The predicted octanol–water partition coefficient (Wildman–Crippen LogP) is 1.74. The molecule has 2 aromatic rings. The van der Waals surface area contributed by atoms with E-state index in [1.807, 2.05) is 24.3 Å². The zero-order valence-corrected chi connectivity index (χ0v) is 17.5. The van der Waals surface area contributed by atoms with Crippen molar-refractivity contribution in [3.63, 3.8) is 0 Å². The van der Waals surface area contributed by atoms with Crippen LogP contribution < -0.4 is 10.2 Å². The molecule has 0 fully saturated rings. The minimum Gasteiger partial charge on any atom is -0.852 e. The SMILES string of the molecule is CC(C)[O-].O=C(CC([O-])c1ccccc1)c1ccccc1.[Ba+2]. The molecule has 2 rings (SSSR count). The number of carbonyl (C=O) groups excluding carboxylic acids is 1. The molecule has 0 amide bonds. The van der Waals surface area contributed by atoms with Crippen LogP contribution in [-0.4, -0.2) is 60.8 Å². The van der Waals surface area contributed by atoms with E-state index in [-0.39, 0.29) is 61.1 Å². The number of rotatable bonds is 4. The number of hydrogen-bond donors (Lipinski definition) is 0. The van der Waals surface area contributed by atoms with Gasteiger partial charge < -0.3 is 10.2 Å². The van der Waals surface area contributed by atoms with Crippen LogP contribution >= 0.6 is 0 Å². The first kappa shape index (κ1) is 21.6. The van der Waals surface area contributed by atoms with Crippen LogP contribution in [0.5, 0.6) is 0 Å². The van der Waals surface area contributed by atoms with Gasteiger partial charge in [0, 0.05) is 12.0 Å². The monoisotopic (exact) mass is 422 g/mol. The summed E-state index contributed by atoms with van der Waals surface area (Å²) in [7, 11) is 0. The van der Waals surface area contributed by atoms with Gasteiger partial charge in [-0.2, -0.15) is 0 Å². The van der Waals surface area contributed by atoms with Gasteiger partial charge in [0.25, 0.3) is 0 Å². The van der Waals surface area contributed by atoms with E-state index in [2.05, 4.69) is 0 Å². The molecule has 0 aromatic heterocycles. The summed E-state index contributed by atoms with van der Waals surface area (Å²) in [4.78, 5) is 11.8. The Morgan fingerprint density at radius 3 is 1.77 bits per heavy atom. The van der Waals surface area contributed by atoms with E-state index >= 15 is 0 Å². The minimum absolute atomic E-state index is 0. The maximum Gasteiger partial charge on any atom is 2.00 e. The Morgan fingerprint density at radius 2 is 1.32 bits per heavy atom.